The van der Waals surface area contributed by atoms with Crippen LogP contribution in [0.2, 0.25) is 0 Å². The number of aryl methyl sites for hydroxylation is 1. The van der Waals surface area contributed by atoms with Crippen molar-refractivity contribution in [1.82, 2.24) is 10.6 Å². The average molecular weight is 604 g/mol. The number of aliphatic hydroxyl groups excluding tert-OH is 1. The molecule has 2 aromatic carbocycles. The Morgan fingerprint density at radius 3 is 2.15 bits per heavy atom. The highest BCUT2D eigenvalue weighted by atomic mass is 35.5. The Hall–Kier alpha value is -2.11. The Bertz CT molecular complexity index is 1140. The van der Waals surface area contributed by atoms with Gasteiger partial charge in [-0.05, 0) is 54.5 Å². The number of carbonyl (C=O) groups excluding carboxylic acids is 1. The van der Waals surface area contributed by atoms with Gasteiger partial charge in [0.15, 0.2) is 9.84 Å². The summed E-state index contributed by atoms with van der Waals surface area (Å²) in [7, 11) is -3.63. The van der Waals surface area contributed by atoms with E-state index in [1.807, 2.05) is 32.0 Å². The Kier molecular flexibility index (Phi) is 15.8. The smallest absolute Gasteiger partial charge is 0.238 e. The predicted octanol–water partition coefficient (Wildman–Crippen LogP) is 3.84. The van der Waals surface area contributed by atoms with Crippen molar-refractivity contribution in [2.45, 2.75) is 89.3 Å². The topological polar surface area (TPSA) is 122 Å². The van der Waals surface area contributed by atoms with E-state index in [1.54, 1.807) is 0 Å². The number of nitrogens with one attached hydrogen (secondary N) is 2. The summed E-state index contributed by atoms with van der Waals surface area (Å²) in [6, 6.07) is 8.66. The van der Waals surface area contributed by atoms with Gasteiger partial charge in [-0.1, -0.05) is 57.9 Å². The third-order valence-corrected chi connectivity index (χ3v) is 9.04. The van der Waals surface area contributed by atoms with E-state index in [0.29, 0.717) is 32.2 Å². The highest BCUT2D eigenvalue weighted by Crippen LogP contribution is 2.17. The number of carbonyl (C=O) groups is 1. The van der Waals surface area contributed by atoms with Crippen molar-refractivity contribution in [1.29, 1.82) is 0 Å². The van der Waals surface area contributed by atoms with E-state index in [1.165, 1.54) is 5.56 Å². The lowest BCUT2D eigenvalue weighted by molar-refractivity contribution is -0.123. The van der Waals surface area contributed by atoms with Crippen LogP contribution >= 0.6 is 12.4 Å². The Morgan fingerprint density at radius 2 is 1.57 bits per heavy atom. The molecule has 1 amide bonds. The number of hydrogen-bond acceptors (Lipinski definition) is 6. The van der Waals surface area contributed by atoms with Gasteiger partial charge in [-0.15, -0.1) is 12.4 Å². The van der Waals surface area contributed by atoms with Crippen LogP contribution in [-0.4, -0.2) is 55.2 Å². The van der Waals surface area contributed by atoms with Gasteiger partial charge in [-0.2, -0.15) is 0 Å². The van der Waals surface area contributed by atoms with E-state index in [2.05, 4.69) is 23.6 Å². The molecule has 0 fully saturated rings. The molecular formula is C29H44ClF2N3O4S. The van der Waals surface area contributed by atoms with Gasteiger partial charge < -0.3 is 21.5 Å². The SMILES string of the molecule is CCCC(CCC)S(=O)(=O)CC(N)C(=O)N[C@@H](Cc1cc(F)cc(F)c1)C(O)CNCc1cccc(CC)c1.Cl. The molecule has 11 heteroatoms. The minimum Gasteiger partial charge on any atom is -0.390 e. The summed E-state index contributed by atoms with van der Waals surface area (Å²) in [5.41, 5.74) is 8.46. The quantitative estimate of drug-likeness (QED) is 0.218. The summed E-state index contributed by atoms with van der Waals surface area (Å²) in [5.74, 6) is -2.83. The summed E-state index contributed by atoms with van der Waals surface area (Å²) in [4.78, 5) is 13.0. The first-order chi connectivity index (χ1) is 18.5. The molecule has 0 aliphatic heterocycles. The van der Waals surface area contributed by atoms with Crippen LogP contribution in [0.15, 0.2) is 42.5 Å². The molecule has 0 radical (unpaired) electrons. The number of nitrogens with two attached hydrogens (primary N) is 1. The van der Waals surface area contributed by atoms with Crippen LogP contribution in [0.1, 0.15) is 63.1 Å². The molecule has 3 atom stereocenters. The van der Waals surface area contributed by atoms with Crippen LogP contribution in [0.4, 0.5) is 8.78 Å². The predicted molar refractivity (Wildman–Crippen MR) is 158 cm³/mol. The fourth-order valence-corrected chi connectivity index (χ4v) is 6.75. The summed E-state index contributed by atoms with van der Waals surface area (Å²) >= 11 is 0. The van der Waals surface area contributed by atoms with Crippen LogP contribution in [-0.2, 0) is 34.0 Å². The lowest BCUT2D eigenvalue weighted by Crippen LogP contribution is -2.54. The Labute approximate surface area is 243 Å². The molecule has 0 saturated heterocycles. The van der Waals surface area contributed by atoms with Gasteiger partial charge in [0.1, 0.15) is 11.6 Å². The van der Waals surface area contributed by atoms with Crippen LogP contribution in [0.3, 0.4) is 0 Å². The molecule has 7 nitrogen and oxygen atoms in total. The molecular weight excluding hydrogens is 560 g/mol. The average Bonchev–Trinajstić information content (AvgIpc) is 2.87. The zero-order valence-corrected chi connectivity index (χ0v) is 25.2. The second-order valence-corrected chi connectivity index (χ2v) is 12.4. The molecule has 0 spiro atoms. The molecule has 40 heavy (non-hydrogen) atoms. The van der Waals surface area contributed by atoms with E-state index < -0.39 is 56.6 Å². The monoisotopic (exact) mass is 603 g/mol. The number of amides is 1. The zero-order valence-electron chi connectivity index (χ0n) is 23.5. The van der Waals surface area contributed by atoms with Gasteiger partial charge in [-0.25, -0.2) is 17.2 Å². The molecule has 2 rings (SSSR count). The van der Waals surface area contributed by atoms with Gasteiger partial charge >= 0.3 is 0 Å². The second kappa shape index (κ2) is 17.6. The molecule has 0 aliphatic carbocycles. The van der Waals surface area contributed by atoms with Gasteiger partial charge in [-0.3, -0.25) is 4.79 Å². The van der Waals surface area contributed by atoms with Crippen LogP contribution in [0.5, 0.6) is 0 Å². The highest BCUT2D eigenvalue weighted by Gasteiger charge is 2.31. The molecule has 0 bridgehead atoms. The van der Waals surface area contributed by atoms with E-state index in [-0.39, 0.29) is 30.9 Å². The first kappa shape index (κ1) is 35.9. The van der Waals surface area contributed by atoms with E-state index in [4.69, 9.17) is 5.73 Å². The molecule has 0 heterocycles. The first-order valence-electron chi connectivity index (χ1n) is 13.7. The lowest BCUT2D eigenvalue weighted by Gasteiger charge is -2.27. The van der Waals surface area contributed by atoms with Crippen molar-refractivity contribution in [2.75, 3.05) is 12.3 Å². The van der Waals surface area contributed by atoms with Gasteiger partial charge in [0, 0.05) is 19.2 Å². The maximum Gasteiger partial charge on any atom is 0.238 e. The normalized spacial score (nSPS) is 13.9. The van der Waals surface area contributed by atoms with Crippen molar-refractivity contribution < 1.29 is 27.1 Å². The third kappa shape index (κ3) is 11.8. The number of aliphatic hydroxyl groups is 1. The molecule has 2 unspecified atom stereocenters. The van der Waals surface area contributed by atoms with Crippen molar-refractivity contribution in [3.05, 3.63) is 70.8 Å². The number of benzene rings is 2. The maximum atomic E-state index is 13.8. The maximum absolute atomic E-state index is 13.8. The largest absolute Gasteiger partial charge is 0.390 e. The molecule has 226 valence electrons. The summed E-state index contributed by atoms with van der Waals surface area (Å²) in [6.07, 6.45) is 2.03. The van der Waals surface area contributed by atoms with Gasteiger partial charge in [0.05, 0.1) is 29.2 Å². The molecule has 5 N–H and O–H groups in total. The molecule has 0 saturated carbocycles. The fourth-order valence-electron chi connectivity index (χ4n) is 4.63. The summed E-state index contributed by atoms with van der Waals surface area (Å²) < 4.78 is 53.5. The van der Waals surface area contributed by atoms with Crippen LogP contribution < -0.4 is 16.4 Å². The number of hydrogen-bond donors (Lipinski definition) is 4. The third-order valence-electron chi connectivity index (χ3n) is 6.73. The van der Waals surface area contributed by atoms with Gasteiger partial charge in [0.25, 0.3) is 0 Å². The number of halogens is 3. The van der Waals surface area contributed by atoms with Crippen molar-refractivity contribution in [3.8, 4) is 0 Å². The summed E-state index contributed by atoms with van der Waals surface area (Å²) in [5, 5.41) is 16.2. The standard InChI is InChI=1S/C29H43F2N3O4S.ClH/c1-4-8-25(9-5-2)39(37,38)19-26(32)29(36)34-27(15-22-13-23(30)16-24(31)14-22)28(35)18-33-17-21-11-7-10-20(6-3)12-21;/h7,10-14,16,25-28,33,35H,4-6,8-9,15,17-19,32H2,1-3H3,(H,34,36);1H/t26?,27-,28?;/m0./s1. The molecule has 0 aliphatic rings. The molecule has 2 aromatic rings. The minimum atomic E-state index is -3.63. The second-order valence-electron chi connectivity index (χ2n) is 10.1. The first-order valence-corrected chi connectivity index (χ1v) is 15.4. The van der Waals surface area contributed by atoms with Crippen LogP contribution in [0, 0.1) is 11.6 Å². The van der Waals surface area contributed by atoms with E-state index in [9.17, 15) is 27.1 Å². The lowest BCUT2D eigenvalue weighted by atomic mass is 10.00. The van der Waals surface area contributed by atoms with Crippen molar-refractivity contribution in [3.63, 3.8) is 0 Å². The van der Waals surface area contributed by atoms with Gasteiger partial charge in [0.2, 0.25) is 5.91 Å². The zero-order chi connectivity index (χ0) is 29.0. The van der Waals surface area contributed by atoms with Crippen molar-refractivity contribution >= 4 is 28.2 Å². The number of rotatable bonds is 17. The van der Waals surface area contributed by atoms with Crippen LogP contribution in [0.25, 0.3) is 0 Å². The highest BCUT2D eigenvalue weighted by molar-refractivity contribution is 7.92. The van der Waals surface area contributed by atoms with E-state index >= 15 is 0 Å². The van der Waals surface area contributed by atoms with Crippen molar-refractivity contribution in [2.24, 2.45) is 5.73 Å². The fraction of sp³-hybridized carbons (Fsp3) is 0.552. The molecule has 0 aromatic heterocycles. The summed E-state index contributed by atoms with van der Waals surface area (Å²) in [6.45, 7) is 6.40. The Morgan fingerprint density at radius 1 is 0.975 bits per heavy atom. The number of sulfone groups is 1. The Balaban J connectivity index is 0.00000800. The minimum absolute atomic E-state index is 0. The van der Waals surface area contributed by atoms with E-state index in [0.717, 1.165) is 30.2 Å².